The maximum atomic E-state index is 11.8. The van der Waals surface area contributed by atoms with Gasteiger partial charge in [0.25, 0.3) is 0 Å². The summed E-state index contributed by atoms with van der Waals surface area (Å²) in [4.78, 5) is 16.3. The van der Waals surface area contributed by atoms with E-state index in [1.165, 1.54) is 0 Å². The van der Waals surface area contributed by atoms with Crippen molar-refractivity contribution in [2.75, 3.05) is 5.32 Å². The summed E-state index contributed by atoms with van der Waals surface area (Å²) in [6.07, 6.45) is 0. The van der Waals surface area contributed by atoms with Crippen LogP contribution in [0.15, 0.2) is 52.9 Å². The van der Waals surface area contributed by atoms with Gasteiger partial charge >= 0.3 is 0 Å². The van der Waals surface area contributed by atoms with E-state index in [-0.39, 0.29) is 5.92 Å². The third-order valence-corrected chi connectivity index (χ3v) is 3.63. The number of nitrogens with one attached hydrogen (secondary N) is 1. The van der Waals surface area contributed by atoms with E-state index >= 15 is 0 Å². The van der Waals surface area contributed by atoms with Gasteiger partial charge in [-0.2, -0.15) is 0 Å². The number of oxazole rings is 1. The second-order valence-corrected chi connectivity index (χ2v) is 5.78. The third-order valence-electron chi connectivity index (χ3n) is 3.63. The van der Waals surface area contributed by atoms with Gasteiger partial charge in [-0.25, -0.2) is 4.98 Å². The van der Waals surface area contributed by atoms with Crippen molar-refractivity contribution >= 4 is 22.7 Å². The Bertz CT molecular complexity index is 825. The quantitative estimate of drug-likeness (QED) is 0.754. The summed E-state index contributed by atoms with van der Waals surface area (Å²) in [6.45, 7) is 4.06. The number of primary amides is 1. The van der Waals surface area contributed by atoms with Gasteiger partial charge in [0.05, 0.1) is 0 Å². The number of aromatic nitrogens is 1. The van der Waals surface area contributed by atoms with Crippen molar-refractivity contribution in [1.29, 1.82) is 0 Å². The molecule has 0 unspecified atom stereocenters. The molecule has 5 nitrogen and oxygen atoms in total. The molecule has 118 valence electrons. The van der Waals surface area contributed by atoms with Gasteiger partial charge in [-0.05, 0) is 23.8 Å². The molecule has 2 aromatic carbocycles. The van der Waals surface area contributed by atoms with Crippen LogP contribution in [0.4, 0.5) is 5.69 Å². The van der Waals surface area contributed by atoms with Crippen LogP contribution in [0.1, 0.15) is 37.3 Å². The summed E-state index contributed by atoms with van der Waals surface area (Å²) >= 11 is 0. The van der Waals surface area contributed by atoms with Gasteiger partial charge in [-0.3, -0.25) is 4.79 Å². The first-order chi connectivity index (χ1) is 11.0. The lowest BCUT2D eigenvalue weighted by Gasteiger charge is -2.17. The zero-order valence-electron chi connectivity index (χ0n) is 13.1. The highest BCUT2D eigenvalue weighted by Gasteiger charge is 2.18. The van der Waals surface area contributed by atoms with Crippen LogP contribution in [0.5, 0.6) is 0 Å². The van der Waals surface area contributed by atoms with Crippen LogP contribution in [0.2, 0.25) is 0 Å². The largest absolute Gasteiger partial charge is 0.440 e. The van der Waals surface area contributed by atoms with Crippen molar-refractivity contribution in [3.63, 3.8) is 0 Å². The Morgan fingerprint density at radius 1 is 1.17 bits per heavy atom. The maximum absolute atomic E-state index is 11.8. The Labute approximate surface area is 134 Å². The number of benzene rings is 2. The number of hydrogen-bond donors (Lipinski definition) is 2. The summed E-state index contributed by atoms with van der Waals surface area (Å²) in [5.41, 5.74) is 8.62. The molecular formula is C18H19N3O2. The molecule has 0 aliphatic heterocycles. The number of nitrogens with two attached hydrogens (primary N) is 1. The van der Waals surface area contributed by atoms with E-state index in [0.717, 1.165) is 22.4 Å². The van der Waals surface area contributed by atoms with E-state index in [1.54, 1.807) is 0 Å². The van der Waals surface area contributed by atoms with Crippen LogP contribution in [0.3, 0.4) is 0 Å². The van der Waals surface area contributed by atoms with Gasteiger partial charge < -0.3 is 15.5 Å². The minimum atomic E-state index is -0.592. The van der Waals surface area contributed by atoms with Crippen LogP contribution in [-0.4, -0.2) is 10.9 Å². The van der Waals surface area contributed by atoms with E-state index in [4.69, 9.17) is 10.2 Å². The summed E-state index contributed by atoms with van der Waals surface area (Å²) in [6, 6.07) is 14.4. The lowest BCUT2D eigenvalue weighted by atomic mass is 10.1. The SMILES string of the molecule is CC(C)c1nc2cc(N[C@@H](C(N)=O)c3ccccc3)ccc2o1. The predicted molar refractivity (Wildman–Crippen MR) is 90.1 cm³/mol. The molecule has 0 saturated carbocycles. The van der Waals surface area contributed by atoms with Gasteiger partial charge in [-0.1, -0.05) is 44.2 Å². The van der Waals surface area contributed by atoms with E-state index in [2.05, 4.69) is 10.3 Å². The lowest BCUT2D eigenvalue weighted by Crippen LogP contribution is -2.27. The Morgan fingerprint density at radius 2 is 1.91 bits per heavy atom. The Hall–Kier alpha value is -2.82. The first-order valence-electron chi connectivity index (χ1n) is 7.56. The molecule has 0 aliphatic carbocycles. The van der Waals surface area contributed by atoms with Gasteiger partial charge in [0.15, 0.2) is 11.5 Å². The van der Waals surface area contributed by atoms with Crippen LogP contribution < -0.4 is 11.1 Å². The molecule has 0 saturated heterocycles. The fourth-order valence-corrected chi connectivity index (χ4v) is 2.41. The Balaban J connectivity index is 1.91. The minimum absolute atomic E-state index is 0.224. The molecule has 5 heteroatoms. The molecule has 0 bridgehead atoms. The topological polar surface area (TPSA) is 81.1 Å². The van der Waals surface area contributed by atoms with E-state index in [0.29, 0.717) is 5.89 Å². The second kappa shape index (κ2) is 6.12. The smallest absolute Gasteiger partial charge is 0.244 e. The predicted octanol–water partition coefficient (Wildman–Crippen LogP) is 3.59. The molecule has 1 atom stereocenters. The first-order valence-corrected chi connectivity index (χ1v) is 7.56. The second-order valence-electron chi connectivity index (χ2n) is 5.78. The average Bonchev–Trinajstić information content (AvgIpc) is 2.96. The zero-order valence-corrected chi connectivity index (χ0v) is 13.1. The Kier molecular flexibility index (Phi) is 4.02. The van der Waals surface area contributed by atoms with Crippen molar-refractivity contribution < 1.29 is 9.21 Å². The number of carbonyl (C=O) groups is 1. The number of rotatable bonds is 5. The fraction of sp³-hybridized carbons (Fsp3) is 0.222. The number of nitrogens with zero attached hydrogens (tertiary/aromatic N) is 1. The molecule has 3 N–H and O–H groups in total. The maximum Gasteiger partial charge on any atom is 0.244 e. The van der Waals surface area contributed by atoms with Crippen LogP contribution in [0, 0.1) is 0 Å². The van der Waals surface area contributed by atoms with Crippen molar-refractivity contribution in [3.8, 4) is 0 Å². The van der Waals surface area contributed by atoms with E-state index in [9.17, 15) is 4.79 Å². The highest BCUT2D eigenvalue weighted by molar-refractivity contribution is 5.85. The molecule has 0 fully saturated rings. The van der Waals surface area contributed by atoms with Crippen molar-refractivity contribution in [2.45, 2.75) is 25.8 Å². The van der Waals surface area contributed by atoms with Gasteiger partial charge in [-0.15, -0.1) is 0 Å². The van der Waals surface area contributed by atoms with Gasteiger partial charge in [0.2, 0.25) is 5.91 Å². The van der Waals surface area contributed by atoms with Gasteiger partial charge in [0.1, 0.15) is 11.6 Å². The number of fused-ring (bicyclic) bond motifs is 1. The number of amides is 1. The van der Waals surface area contributed by atoms with Crippen molar-refractivity contribution in [2.24, 2.45) is 5.73 Å². The summed E-state index contributed by atoms with van der Waals surface area (Å²) in [5, 5.41) is 3.17. The highest BCUT2D eigenvalue weighted by atomic mass is 16.3. The minimum Gasteiger partial charge on any atom is -0.440 e. The first kappa shape index (κ1) is 15.1. The lowest BCUT2D eigenvalue weighted by molar-refractivity contribution is -0.118. The number of anilines is 1. The highest BCUT2D eigenvalue weighted by Crippen LogP contribution is 2.26. The third kappa shape index (κ3) is 3.18. The number of carbonyl (C=O) groups excluding carboxylic acids is 1. The molecule has 1 aromatic heterocycles. The van der Waals surface area contributed by atoms with Crippen molar-refractivity contribution in [1.82, 2.24) is 4.98 Å². The molecule has 0 aliphatic rings. The number of hydrogen-bond acceptors (Lipinski definition) is 4. The van der Waals surface area contributed by atoms with Crippen LogP contribution in [-0.2, 0) is 4.79 Å². The van der Waals surface area contributed by atoms with Crippen LogP contribution >= 0.6 is 0 Å². The molecule has 1 heterocycles. The molecule has 0 radical (unpaired) electrons. The summed E-state index contributed by atoms with van der Waals surface area (Å²) < 4.78 is 5.69. The standard InChI is InChI=1S/C18H19N3O2/c1-11(2)18-21-14-10-13(8-9-15(14)23-18)20-16(17(19)22)12-6-4-3-5-7-12/h3-11,16,20H,1-2H3,(H2,19,22)/t16-/m1/s1. The molecular weight excluding hydrogens is 290 g/mol. The summed E-state index contributed by atoms with van der Waals surface area (Å²) in [5.74, 6) is 0.493. The zero-order chi connectivity index (χ0) is 16.4. The molecule has 23 heavy (non-hydrogen) atoms. The van der Waals surface area contributed by atoms with Crippen molar-refractivity contribution in [3.05, 3.63) is 60.0 Å². The molecule has 0 spiro atoms. The molecule has 3 rings (SSSR count). The molecule has 1 amide bonds. The van der Waals surface area contributed by atoms with E-state index in [1.807, 2.05) is 62.4 Å². The van der Waals surface area contributed by atoms with E-state index < -0.39 is 11.9 Å². The normalized spacial score (nSPS) is 12.5. The summed E-state index contributed by atoms with van der Waals surface area (Å²) in [7, 11) is 0. The fourth-order valence-electron chi connectivity index (χ4n) is 2.41. The molecule has 3 aromatic rings. The Morgan fingerprint density at radius 3 is 2.57 bits per heavy atom. The average molecular weight is 309 g/mol. The monoisotopic (exact) mass is 309 g/mol. The van der Waals surface area contributed by atoms with Gasteiger partial charge in [0, 0.05) is 11.6 Å². The van der Waals surface area contributed by atoms with Crippen LogP contribution in [0.25, 0.3) is 11.1 Å².